The van der Waals surface area contributed by atoms with Gasteiger partial charge in [0, 0.05) is 0 Å². The van der Waals surface area contributed by atoms with Gasteiger partial charge < -0.3 is 9.52 Å². The largest absolute Gasteiger partial charge is 0.437 e. The van der Waals surface area contributed by atoms with Gasteiger partial charge in [-0.05, 0) is 24.6 Å². The molecular weight excluding hydrogens is 226 g/mol. The van der Waals surface area contributed by atoms with E-state index in [0.717, 1.165) is 11.1 Å². The molecule has 0 aliphatic rings. The minimum atomic E-state index is -1.22. The molecule has 0 bridgehead atoms. The maximum Gasteiger partial charge on any atom is 0.231 e. The molecule has 0 fully saturated rings. The number of nitrogens with zero attached hydrogens (tertiary/aromatic N) is 1. The number of aromatic nitrogens is 1. The fourth-order valence-electron chi connectivity index (χ4n) is 1.97. The second-order valence-electron chi connectivity index (χ2n) is 4.42. The minimum absolute atomic E-state index is 0.315. The maximum atomic E-state index is 10.6. The van der Waals surface area contributed by atoms with E-state index >= 15 is 0 Å². The second kappa shape index (κ2) is 3.96. The molecule has 0 aliphatic carbocycles. The van der Waals surface area contributed by atoms with E-state index in [4.69, 9.17) is 4.42 Å². The van der Waals surface area contributed by atoms with Crippen LogP contribution in [0.3, 0.4) is 0 Å². The molecule has 1 aromatic heterocycles. The van der Waals surface area contributed by atoms with E-state index in [2.05, 4.69) is 4.98 Å². The van der Waals surface area contributed by atoms with Crippen molar-refractivity contribution in [3.8, 4) is 0 Å². The zero-order valence-electron chi connectivity index (χ0n) is 10.00. The zero-order chi connectivity index (χ0) is 12.6. The first-order valence-electron chi connectivity index (χ1n) is 5.82. The van der Waals surface area contributed by atoms with Gasteiger partial charge in [0.05, 0.1) is 0 Å². The van der Waals surface area contributed by atoms with Crippen molar-refractivity contribution >= 4 is 11.1 Å². The van der Waals surface area contributed by atoms with Crippen LogP contribution < -0.4 is 0 Å². The molecule has 1 heterocycles. The monoisotopic (exact) mass is 239 g/mol. The Labute approximate surface area is 105 Å². The molecule has 1 atom stereocenters. The molecule has 0 unspecified atom stereocenters. The van der Waals surface area contributed by atoms with Crippen molar-refractivity contribution in [3.05, 3.63) is 66.1 Å². The fraction of sp³-hybridized carbons (Fsp3) is 0.133. The van der Waals surface area contributed by atoms with Crippen LogP contribution in [0.15, 0.2) is 59.0 Å². The van der Waals surface area contributed by atoms with Gasteiger partial charge >= 0.3 is 0 Å². The lowest BCUT2D eigenvalue weighted by Crippen LogP contribution is -2.22. The third kappa shape index (κ3) is 1.69. The molecule has 0 amide bonds. The number of hydrogen-bond donors (Lipinski definition) is 1. The lowest BCUT2D eigenvalue weighted by molar-refractivity contribution is 0.0727. The summed E-state index contributed by atoms with van der Waals surface area (Å²) in [6.45, 7) is 1.69. The molecule has 90 valence electrons. The average molecular weight is 239 g/mol. The van der Waals surface area contributed by atoms with Crippen molar-refractivity contribution in [3.63, 3.8) is 0 Å². The SMILES string of the molecule is C[C@](O)(c1ccccc1)c1nc2ccccc2o1. The Morgan fingerprint density at radius 3 is 2.39 bits per heavy atom. The maximum absolute atomic E-state index is 10.6. The smallest absolute Gasteiger partial charge is 0.231 e. The molecule has 0 aliphatic heterocycles. The van der Waals surface area contributed by atoms with Crippen LogP contribution in [0.1, 0.15) is 18.4 Å². The van der Waals surface area contributed by atoms with E-state index in [0.29, 0.717) is 11.5 Å². The number of oxazole rings is 1. The highest BCUT2D eigenvalue weighted by Crippen LogP contribution is 2.30. The highest BCUT2D eigenvalue weighted by atomic mass is 16.4. The summed E-state index contributed by atoms with van der Waals surface area (Å²) < 4.78 is 5.63. The molecule has 3 rings (SSSR count). The normalized spacial score (nSPS) is 14.6. The average Bonchev–Trinajstić information content (AvgIpc) is 2.84. The molecule has 3 aromatic rings. The van der Waals surface area contributed by atoms with Crippen molar-refractivity contribution in [1.82, 2.24) is 4.98 Å². The van der Waals surface area contributed by atoms with Crippen LogP contribution in [-0.4, -0.2) is 10.1 Å². The summed E-state index contributed by atoms with van der Waals surface area (Å²) in [5.41, 5.74) is 0.976. The number of rotatable bonds is 2. The molecule has 2 aromatic carbocycles. The first-order valence-corrected chi connectivity index (χ1v) is 5.82. The first kappa shape index (κ1) is 11.0. The Bertz CT molecular complexity index is 638. The quantitative estimate of drug-likeness (QED) is 0.747. The van der Waals surface area contributed by atoms with Crippen molar-refractivity contribution in [2.75, 3.05) is 0 Å². The Kier molecular flexibility index (Phi) is 2.42. The van der Waals surface area contributed by atoms with Gasteiger partial charge in [-0.1, -0.05) is 42.5 Å². The van der Waals surface area contributed by atoms with E-state index in [1.54, 1.807) is 6.92 Å². The Balaban J connectivity index is 2.13. The predicted octanol–water partition coefficient (Wildman–Crippen LogP) is 3.08. The lowest BCUT2D eigenvalue weighted by Gasteiger charge is -2.19. The van der Waals surface area contributed by atoms with E-state index in [9.17, 15) is 5.11 Å². The summed E-state index contributed by atoms with van der Waals surface area (Å²) in [7, 11) is 0. The topological polar surface area (TPSA) is 46.3 Å². The molecule has 0 spiro atoms. The van der Waals surface area contributed by atoms with Gasteiger partial charge in [-0.3, -0.25) is 0 Å². The highest BCUT2D eigenvalue weighted by Gasteiger charge is 2.31. The van der Waals surface area contributed by atoms with Gasteiger partial charge in [-0.15, -0.1) is 0 Å². The van der Waals surface area contributed by atoms with Crippen LogP contribution in [0.25, 0.3) is 11.1 Å². The lowest BCUT2D eigenvalue weighted by atomic mass is 9.96. The van der Waals surface area contributed by atoms with E-state index in [1.165, 1.54) is 0 Å². The fourth-order valence-corrected chi connectivity index (χ4v) is 1.97. The zero-order valence-corrected chi connectivity index (χ0v) is 10.00. The van der Waals surface area contributed by atoms with Gasteiger partial charge in [0.2, 0.25) is 5.89 Å². The number of benzene rings is 2. The molecule has 3 heteroatoms. The predicted molar refractivity (Wildman–Crippen MR) is 69.1 cm³/mol. The van der Waals surface area contributed by atoms with Crippen LogP contribution in [0.5, 0.6) is 0 Å². The van der Waals surface area contributed by atoms with Crippen LogP contribution in [0, 0.1) is 0 Å². The molecule has 0 saturated heterocycles. The Hall–Kier alpha value is -2.13. The van der Waals surface area contributed by atoms with Crippen molar-refractivity contribution in [2.24, 2.45) is 0 Å². The summed E-state index contributed by atoms with van der Waals surface area (Å²) in [5.74, 6) is 0.315. The molecule has 1 N–H and O–H groups in total. The van der Waals surface area contributed by atoms with Crippen LogP contribution >= 0.6 is 0 Å². The third-order valence-corrected chi connectivity index (χ3v) is 3.05. The van der Waals surface area contributed by atoms with E-state index < -0.39 is 5.60 Å². The third-order valence-electron chi connectivity index (χ3n) is 3.05. The van der Waals surface area contributed by atoms with Gasteiger partial charge in [0.15, 0.2) is 11.2 Å². The van der Waals surface area contributed by atoms with Crippen LogP contribution in [0.2, 0.25) is 0 Å². The van der Waals surface area contributed by atoms with Gasteiger partial charge in [0.1, 0.15) is 5.52 Å². The van der Waals surface area contributed by atoms with Gasteiger partial charge in [0.25, 0.3) is 0 Å². The molecule has 18 heavy (non-hydrogen) atoms. The molecule has 0 radical (unpaired) electrons. The van der Waals surface area contributed by atoms with Crippen molar-refractivity contribution < 1.29 is 9.52 Å². The Morgan fingerprint density at radius 1 is 1.00 bits per heavy atom. The standard InChI is InChI=1S/C15H13NO2/c1-15(17,11-7-3-2-4-8-11)14-16-12-9-5-6-10-13(12)18-14/h2-10,17H,1H3/t15-/m0/s1. The highest BCUT2D eigenvalue weighted by molar-refractivity contribution is 5.72. The van der Waals surface area contributed by atoms with Crippen molar-refractivity contribution in [1.29, 1.82) is 0 Å². The second-order valence-corrected chi connectivity index (χ2v) is 4.42. The number of aliphatic hydroxyl groups is 1. The van der Waals surface area contributed by atoms with E-state index in [1.807, 2.05) is 54.6 Å². The summed E-state index contributed by atoms with van der Waals surface area (Å²) in [6.07, 6.45) is 0. The minimum Gasteiger partial charge on any atom is -0.437 e. The van der Waals surface area contributed by atoms with E-state index in [-0.39, 0.29) is 0 Å². The van der Waals surface area contributed by atoms with Crippen LogP contribution in [-0.2, 0) is 5.60 Å². The molecule has 0 saturated carbocycles. The molecular formula is C15H13NO2. The number of hydrogen-bond acceptors (Lipinski definition) is 3. The summed E-state index contributed by atoms with van der Waals surface area (Å²) in [5, 5.41) is 10.6. The van der Waals surface area contributed by atoms with Crippen molar-refractivity contribution in [2.45, 2.75) is 12.5 Å². The van der Waals surface area contributed by atoms with Gasteiger partial charge in [-0.25, -0.2) is 4.98 Å². The van der Waals surface area contributed by atoms with Gasteiger partial charge in [-0.2, -0.15) is 0 Å². The van der Waals surface area contributed by atoms with Crippen LogP contribution in [0.4, 0.5) is 0 Å². The number of fused-ring (bicyclic) bond motifs is 1. The summed E-state index contributed by atoms with van der Waals surface area (Å²) in [4.78, 5) is 4.34. The summed E-state index contributed by atoms with van der Waals surface area (Å²) in [6, 6.07) is 16.9. The number of para-hydroxylation sites is 2. The molecule has 3 nitrogen and oxygen atoms in total. The summed E-state index contributed by atoms with van der Waals surface area (Å²) >= 11 is 0. The first-order chi connectivity index (χ1) is 8.68. The Morgan fingerprint density at radius 2 is 1.67 bits per heavy atom.